The Kier molecular flexibility index (Phi) is 10.2. The Morgan fingerprint density at radius 3 is 1.24 bits per heavy atom. The number of anilines is 6. The lowest BCUT2D eigenvalue weighted by atomic mass is 9.33. The summed E-state index contributed by atoms with van der Waals surface area (Å²) in [5, 5.41) is 2.42. The van der Waals surface area contributed by atoms with Gasteiger partial charge in [0.2, 0.25) is 0 Å². The van der Waals surface area contributed by atoms with Gasteiger partial charge in [-0.1, -0.05) is 194 Å². The Morgan fingerprint density at radius 2 is 0.684 bits per heavy atom. The average Bonchev–Trinajstić information content (AvgIpc) is 3.96. The molecule has 0 unspecified atom stereocenters. The number of rotatable bonds is 8. The van der Waals surface area contributed by atoms with Crippen LogP contribution in [-0.2, 0) is 0 Å². The van der Waals surface area contributed by atoms with Gasteiger partial charge in [-0.25, -0.2) is 15.0 Å². The number of benzene rings is 11. The standard InChI is InChI=1S/C69H45BN6/c1-4-19-49(20-5-1)67-71-68(50-21-6-2-7-22-50)73-69(72-67)51-41-44-61(76-59-29-14-10-25-54(59)55-26-11-15-30-60(55)76)56(45-51)48-37-35-46(36-38-48)47-39-42-53(43-40-47)75-63-32-17-13-28-58(63)70-57-27-12-16-31-62(57)74(52-23-8-3-9-24-52)64-33-18-34-65(75)66(64)70/h1-45H. The Labute approximate surface area is 441 Å². The summed E-state index contributed by atoms with van der Waals surface area (Å²) in [6.07, 6.45) is 0. The molecule has 0 saturated carbocycles. The summed E-state index contributed by atoms with van der Waals surface area (Å²) < 4.78 is 2.40. The van der Waals surface area contributed by atoms with E-state index in [-0.39, 0.29) is 6.71 Å². The summed E-state index contributed by atoms with van der Waals surface area (Å²) in [4.78, 5) is 20.2. The van der Waals surface area contributed by atoms with E-state index < -0.39 is 0 Å². The molecule has 0 fully saturated rings. The highest BCUT2D eigenvalue weighted by molar-refractivity contribution is 7.00. The Hall–Kier alpha value is -10.1. The summed E-state index contributed by atoms with van der Waals surface area (Å²) in [5.41, 5.74) is 21.6. The molecule has 0 saturated heterocycles. The van der Waals surface area contributed by atoms with Crippen LogP contribution in [0.15, 0.2) is 273 Å². The van der Waals surface area contributed by atoms with Crippen molar-refractivity contribution in [2.75, 3.05) is 9.80 Å². The van der Waals surface area contributed by atoms with Crippen molar-refractivity contribution in [1.82, 2.24) is 19.5 Å². The maximum absolute atomic E-state index is 5.15. The van der Waals surface area contributed by atoms with Gasteiger partial charge in [-0.15, -0.1) is 0 Å². The van der Waals surface area contributed by atoms with Crippen LogP contribution in [0.5, 0.6) is 0 Å². The van der Waals surface area contributed by atoms with Crippen LogP contribution in [0.4, 0.5) is 34.1 Å². The van der Waals surface area contributed by atoms with Gasteiger partial charge < -0.3 is 14.4 Å². The number of nitrogens with zero attached hydrogens (tertiary/aromatic N) is 6. The van der Waals surface area contributed by atoms with Crippen LogP contribution >= 0.6 is 0 Å². The van der Waals surface area contributed by atoms with Crippen molar-refractivity contribution >= 4 is 79.0 Å². The lowest BCUT2D eigenvalue weighted by molar-refractivity contribution is 1.07. The third-order valence-corrected chi connectivity index (χ3v) is 15.3. The van der Waals surface area contributed by atoms with Crippen molar-refractivity contribution in [3.05, 3.63) is 273 Å². The van der Waals surface area contributed by atoms with Gasteiger partial charge in [0, 0.05) is 67.2 Å². The number of para-hydroxylation sites is 5. The molecule has 15 rings (SSSR count). The van der Waals surface area contributed by atoms with E-state index in [0.29, 0.717) is 17.5 Å². The fourth-order valence-corrected chi connectivity index (χ4v) is 11.8. The molecule has 2 aliphatic rings. The van der Waals surface area contributed by atoms with Crippen molar-refractivity contribution in [2.24, 2.45) is 0 Å². The fraction of sp³-hybridized carbons (Fsp3) is 0. The summed E-state index contributed by atoms with van der Waals surface area (Å²) in [5.74, 6) is 1.87. The quantitative estimate of drug-likeness (QED) is 0.142. The van der Waals surface area contributed by atoms with Gasteiger partial charge in [0.15, 0.2) is 17.5 Å². The predicted octanol–water partition coefficient (Wildman–Crippen LogP) is 15.4. The Bertz CT molecular complexity index is 4240. The molecule has 0 radical (unpaired) electrons. The van der Waals surface area contributed by atoms with Crippen LogP contribution in [0.25, 0.3) is 83.9 Å². The van der Waals surface area contributed by atoms with Crippen LogP contribution in [0, 0.1) is 0 Å². The molecule has 6 nitrogen and oxygen atoms in total. The third-order valence-electron chi connectivity index (χ3n) is 15.3. The zero-order valence-corrected chi connectivity index (χ0v) is 41.2. The molecule has 354 valence electrons. The first-order valence-corrected chi connectivity index (χ1v) is 25.9. The highest BCUT2D eigenvalue weighted by atomic mass is 15.2. The molecule has 13 aromatic rings. The zero-order valence-electron chi connectivity index (χ0n) is 41.2. The lowest BCUT2D eigenvalue weighted by Gasteiger charge is -2.44. The van der Waals surface area contributed by atoms with Crippen molar-refractivity contribution in [2.45, 2.75) is 0 Å². The molecule has 0 spiro atoms. The topological polar surface area (TPSA) is 50.1 Å². The average molecular weight is 969 g/mol. The largest absolute Gasteiger partial charge is 0.311 e. The van der Waals surface area contributed by atoms with Crippen molar-refractivity contribution in [3.63, 3.8) is 0 Å². The number of aromatic nitrogens is 4. The Morgan fingerprint density at radius 1 is 0.276 bits per heavy atom. The van der Waals surface area contributed by atoms with Gasteiger partial charge in [0.25, 0.3) is 6.71 Å². The van der Waals surface area contributed by atoms with Crippen LogP contribution in [0.3, 0.4) is 0 Å². The summed E-state index contributed by atoms with van der Waals surface area (Å²) in [6.45, 7) is 0.0968. The molecule has 76 heavy (non-hydrogen) atoms. The van der Waals surface area contributed by atoms with E-state index in [2.05, 4.69) is 251 Å². The van der Waals surface area contributed by atoms with E-state index >= 15 is 0 Å². The van der Waals surface area contributed by atoms with Crippen LogP contribution in [0.1, 0.15) is 0 Å². The first kappa shape index (κ1) is 43.5. The van der Waals surface area contributed by atoms with E-state index in [0.717, 1.165) is 67.0 Å². The first-order valence-electron chi connectivity index (χ1n) is 25.9. The third kappa shape index (κ3) is 7.08. The zero-order chi connectivity index (χ0) is 50.1. The van der Waals surface area contributed by atoms with E-state index in [1.165, 1.54) is 49.9 Å². The van der Waals surface area contributed by atoms with Gasteiger partial charge in [0.1, 0.15) is 0 Å². The molecule has 0 bridgehead atoms. The molecule has 0 atom stereocenters. The van der Waals surface area contributed by atoms with Crippen molar-refractivity contribution in [1.29, 1.82) is 0 Å². The molecule has 2 aliphatic heterocycles. The van der Waals surface area contributed by atoms with Gasteiger partial charge >= 0.3 is 0 Å². The normalized spacial score (nSPS) is 12.4. The second kappa shape index (κ2) is 17.8. The maximum atomic E-state index is 5.15. The van der Waals surface area contributed by atoms with Crippen molar-refractivity contribution < 1.29 is 0 Å². The molecule has 2 aromatic heterocycles. The monoisotopic (exact) mass is 968 g/mol. The molecular formula is C69H45BN6. The summed E-state index contributed by atoms with van der Waals surface area (Å²) in [7, 11) is 0. The molecule has 0 aliphatic carbocycles. The van der Waals surface area contributed by atoms with E-state index in [4.69, 9.17) is 15.0 Å². The minimum absolute atomic E-state index is 0.0968. The summed E-state index contributed by atoms with van der Waals surface area (Å²) >= 11 is 0. The highest BCUT2D eigenvalue weighted by Crippen LogP contribution is 2.45. The van der Waals surface area contributed by atoms with Gasteiger partial charge in [-0.3, -0.25) is 0 Å². The van der Waals surface area contributed by atoms with E-state index in [1.54, 1.807) is 0 Å². The number of hydrogen-bond donors (Lipinski definition) is 0. The van der Waals surface area contributed by atoms with E-state index in [1.807, 2.05) is 36.4 Å². The molecule has 11 aromatic carbocycles. The minimum atomic E-state index is 0.0968. The predicted molar refractivity (Wildman–Crippen MR) is 315 cm³/mol. The van der Waals surface area contributed by atoms with Crippen LogP contribution in [0.2, 0.25) is 0 Å². The SMILES string of the molecule is c1ccc(-c2nc(-c3ccccc3)nc(-c3ccc(-n4c5ccccc5c5ccccc54)c(-c4ccc(-c5ccc(N6c7ccccc7B7c8ccccc8N(c8ccccc8)c8cccc6c87)cc5)cc4)c3)n2)cc1. The maximum Gasteiger partial charge on any atom is 0.252 e. The molecule has 0 amide bonds. The molecule has 7 heteroatoms. The molecule has 4 heterocycles. The van der Waals surface area contributed by atoms with Gasteiger partial charge in [0.05, 0.1) is 16.7 Å². The fourth-order valence-electron chi connectivity index (χ4n) is 11.8. The highest BCUT2D eigenvalue weighted by Gasteiger charge is 2.42. The number of hydrogen-bond acceptors (Lipinski definition) is 5. The second-order valence-electron chi connectivity index (χ2n) is 19.5. The smallest absolute Gasteiger partial charge is 0.252 e. The van der Waals surface area contributed by atoms with Crippen LogP contribution < -0.4 is 26.2 Å². The first-order chi connectivity index (χ1) is 37.7. The molecular weight excluding hydrogens is 924 g/mol. The summed E-state index contributed by atoms with van der Waals surface area (Å²) in [6, 6.07) is 97.8. The van der Waals surface area contributed by atoms with Gasteiger partial charge in [-0.2, -0.15) is 0 Å². The minimum Gasteiger partial charge on any atom is -0.311 e. The van der Waals surface area contributed by atoms with Gasteiger partial charge in [-0.05, 0) is 112 Å². The van der Waals surface area contributed by atoms with E-state index in [9.17, 15) is 0 Å². The van der Waals surface area contributed by atoms with Crippen LogP contribution in [-0.4, -0.2) is 26.2 Å². The Balaban J connectivity index is 0.836. The molecule has 0 N–H and O–H groups in total. The van der Waals surface area contributed by atoms with Crippen molar-refractivity contribution in [3.8, 4) is 62.1 Å². The lowest BCUT2D eigenvalue weighted by Crippen LogP contribution is -2.61. The number of fused-ring (bicyclic) bond motifs is 7. The second-order valence-corrected chi connectivity index (χ2v) is 19.5.